The maximum absolute atomic E-state index is 13.3. The Labute approximate surface area is 260 Å². The molecule has 1 aliphatic carbocycles. The number of aliphatic hydroxyl groups is 4. The Morgan fingerprint density at radius 1 is 0.844 bits per heavy atom. The molecule has 6 N–H and O–H groups in total. The molecule has 14 nitrogen and oxygen atoms in total. The second-order valence-corrected chi connectivity index (χ2v) is 11.9. The lowest BCUT2D eigenvalue weighted by Gasteiger charge is -2.61. The zero-order valence-electron chi connectivity index (χ0n) is 25.3. The van der Waals surface area contributed by atoms with Crippen molar-refractivity contribution >= 4 is 12.2 Å². The molecule has 0 radical (unpaired) electrons. The van der Waals surface area contributed by atoms with Gasteiger partial charge in [0.05, 0.1) is 18.2 Å². The zero-order valence-corrected chi connectivity index (χ0v) is 25.3. The number of nitrogens with zero attached hydrogens (tertiary/aromatic N) is 2. The number of fused-ring (bicyclic) bond motifs is 2. The number of hydrogen-bond donors (Lipinski definition) is 5. The number of likely N-dealkylation sites (N-methyl/N-ethyl adjacent to an activating group) is 2. The van der Waals surface area contributed by atoms with Crippen LogP contribution in [0, 0.1) is 0 Å². The van der Waals surface area contributed by atoms with Gasteiger partial charge in [0.1, 0.15) is 43.2 Å². The monoisotopic (exact) mass is 631 g/mol. The number of nitrogens with two attached hydrogens (primary N) is 1. The molecule has 1 unspecified atom stereocenters. The molecule has 3 fully saturated rings. The lowest BCUT2D eigenvalue weighted by atomic mass is 9.77. The highest BCUT2D eigenvalue weighted by Gasteiger charge is 2.69. The smallest absolute Gasteiger partial charge is 0.410 e. The van der Waals surface area contributed by atoms with Crippen LogP contribution in [0.2, 0.25) is 0 Å². The molecule has 246 valence electrons. The van der Waals surface area contributed by atoms with Crippen molar-refractivity contribution in [3.05, 3.63) is 71.8 Å². The Morgan fingerprint density at radius 2 is 1.36 bits per heavy atom. The maximum atomic E-state index is 13.3. The molecule has 2 aromatic carbocycles. The van der Waals surface area contributed by atoms with E-state index in [0.717, 1.165) is 15.4 Å². The Balaban J connectivity index is 1.44. The first kappa shape index (κ1) is 33.0. The van der Waals surface area contributed by atoms with Crippen LogP contribution in [0.3, 0.4) is 0 Å². The van der Waals surface area contributed by atoms with E-state index in [2.05, 4.69) is 0 Å². The third kappa shape index (κ3) is 6.24. The summed E-state index contributed by atoms with van der Waals surface area (Å²) in [4.78, 5) is 28.6. The van der Waals surface area contributed by atoms with Crippen LogP contribution in [-0.2, 0) is 36.9 Å². The molecular formula is C31H41N3O11. The average molecular weight is 632 g/mol. The first-order chi connectivity index (χ1) is 21.4. The quantitative estimate of drug-likeness (QED) is 0.281. The van der Waals surface area contributed by atoms with Gasteiger partial charge >= 0.3 is 12.2 Å². The Bertz CT molecular complexity index is 1320. The summed E-state index contributed by atoms with van der Waals surface area (Å²) in [6.45, 7) is 1.07. The molecule has 2 aliphatic heterocycles. The van der Waals surface area contributed by atoms with Gasteiger partial charge in [-0.3, -0.25) is 0 Å². The summed E-state index contributed by atoms with van der Waals surface area (Å²) < 4.78 is 28.9. The number of amides is 2. The fraction of sp³-hybridized carbons (Fsp3) is 0.548. The SMILES string of the molecule is C[C@@H]1CC(O)(CN)[C@]2(O)O[C@H]3[C@H](O[C@@H]2O1)[C@@H](O)[C@H](N(C)C(=O)OCc1ccccc1)[C@H](O)[C@@H]3N(C)C(=O)OCc1ccccc1. The zero-order chi connectivity index (χ0) is 32.5. The molecule has 0 spiro atoms. The summed E-state index contributed by atoms with van der Waals surface area (Å²) in [7, 11) is 2.68. The molecule has 10 atom stereocenters. The number of hydrogen-bond acceptors (Lipinski definition) is 12. The Hall–Kier alpha value is -3.34. The van der Waals surface area contributed by atoms with Crippen LogP contribution in [0.5, 0.6) is 0 Å². The van der Waals surface area contributed by atoms with E-state index in [1.54, 1.807) is 55.5 Å². The summed E-state index contributed by atoms with van der Waals surface area (Å²) in [6, 6.07) is 15.1. The number of carbonyl (C=O) groups excluding carboxylic acids is 2. The standard InChI is InChI=1S/C31H41N3O11/c1-18-14-30(39,17-32)31(40)27(43-18)44-26-24(36)21(33(2)28(37)41-15-19-10-6-4-7-11-19)23(35)22(25(26)45-31)34(3)29(38)42-16-20-12-8-5-9-13-20/h4-13,18,21-27,35-36,39-40H,14-17,32H2,1-3H3/t18-,21-,22+,23+,24+,25-,26-,27+,30?,31-/m1/s1. The van der Waals surface area contributed by atoms with Gasteiger partial charge in [0.25, 0.3) is 0 Å². The van der Waals surface area contributed by atoms with E-state index in [1.807, 2.05) is 12.1 Å². The lowest BCUT2D eigenvalue weighted by Crippen LogP contribution is -2.81. The third-order valence-corrected chi connectivity index (χ3v) is 8.83. The van der Waals surface area contributed by atoms with E-state index in [0.29, 0.717) is 5.56 Å². The van der Waals surface area contributed by atoms with Gasteiger partial charge < -0.3 is 59.6 Å². The van der Waals surface area contributed by atoms with Crippen molar-refractivity contribution in [1.29, 1.82) is 0 Å². The predicted octanol–water partition coefficient (Wildman–Crippen LogP) is 0.294. The minimum Gasteiger partial charge on any atom is -0.445 e. The summed E-state index contributed by atoms with van der Waals surface area (Å²) in [5.41, 5.74) is 5.27. The first-order valence-electron chi connectivity index (χ1n) is 14.8. The molecule has 14 heteroatoms. The van der Waals surface area contributed by atoms with Crippen molar-refractivity contribution in [3.63, 3.8) is 0 Å². The molecule has 3 aliphatic rings. The van der Waals surface area contributed by atoms with Crippen molar-refractivity contribution in [2.75, 3.05) is 20.6 Å². The summed E-state index contributed by atoms with van der Waals surface area (Å²) >= 11 is 0. The summed E-state index contributed by atoms with van der Waals surface area (Å²) in [6.07, 6.45) is -10.2. The number of rotatable bonds is 7. The molecule has 2 saturated heterocycles. The molecule has 2 amide bonds. The summed E-state index contributed by atoms with van der Waals surface area (Å²) in [5.74, 6) is -2.53. The predicted molar refractivity (Wildman–Crippen MR) is 156 cm³/mol. The van der Waals surface area contributed by atoms with Gasteiger partial charge in [-0.1, -0.05) is 60.7 Å². The van der Waals surface area contributed by atoms with Crippen LogP contribution in [0.15, 0.2) is 60.7 Å². The number of aliphatic hydroxyl groups excluding tert-OH is 2. The third-order valence-electron chi connectivity index (χ3n) is 8.83. The van der Waals surface area contributed by atoms with Gasteiger partial charge in [0, 0.05) is 27.1 Å². The molecule has 0 bridgehead atoms. The Kier molecular flexibility index (Phi) is 9.68. The molecule has 2 heterocycles. The van der Waals surface area contributed by atoms with Crippen molar-refractivity contribution in [3.8, 4) is 0 Å². The van der Waals surface area contributed by atoms with Crippen LogP contribution in [0.4, 0.5) is 9.59 Å². The van der Waals surface area contributed by atoms with Crippen LogP contribution in [0.25, 0.3) is 0 Å². The largest absolute Gasteiger partial charge is 0.445 e. The molecule has 1 saturated carbocycles. The van der Waals surface area contributed by atoms with Crippen molar-refractivity contribution < 1.29 is 53.7 Å². The second kappa shape index (κ2) is 13.2. The highest BCUT2D eigenvalue weighted by molar-refractivity contribution is 5.69. The molecular weight excluding hydrogens is 590 g/mol. The van der Waals surface area contributed by atoms with E-state index in [4.69, 9.17) is 29.4 Å². The van der Waals surface area contributed by atoms with Crippen molar-refractivity contribution in [1.82, 2.24) is 9.80 Å². The van der Waals surface area contributed by atoms with E-state index < -0.39 is 79.0 Å². The number of benzene rings is 2. The van der Waals surface area contributed by atoms with E-state index in [1.165, 1.54) is 14.1 Å². The van der Waals surface area contributed by atoms with Crippen LogP contribution in [-0.4, -0.2) is 123 Å². The fourth-order valence-electron chi connectivity index (χ4n) is 6.33. The van der Waals surface area contributed by atoms with Gasteiger partial charge in [-0.2, -0.15) is 0 Å². The maximum Gasteiger partial charge on any atom is 0.410 e. The summed E-state index contributed by atoms with van der Waals surface area (Å²) in [5, 5.41) is 46.4. The minimum atomic E-state index is -2.53. The first-order valence-corrected chi connectivity index (χ1v) is 14.8. The highest BCUT2D eigenvalue weighted by Crippen LogP contribution is 2.47. The normalized spacial score (nSPS) is 35.8. The molecule has 45 heavy (non-hydrogen) atoms. The lowest BCUT2D eigenvalue weighted by molar-refractivity contribution is -0.483. The van der Waals surface area contributed by atoms with Gasteiger partial charge in [-0.25, -0.2) is 9.59 Å². The van der Waals surface area contributed by atoms with Gasteiger partial charge in [-0.15, -0.1) is 0 Å². The van der Waals surface area contributed by atoms with Gasteiger partial charge in [0.2, 0.25) is 12.1 Å². The topological polar surface area (TPSA) is 194 Å². The fourth-order valence-corrected chi connectivity index (χ4v) is 6.33. The Morgan fingerprint density at radius 3 is 1.87 bits per heavy atom. The number of carbonyl (C=O) groups is 2. The number of ether oxygens (including phenoxy) is 5. The average Bonchev–Trinajstić information content (AvgIpc) is 3.03. The van der Waals surface area contributed by atoms with E-state index in [9.17, 15) is 30.0 Å². The van der Waals surface area contributed by atoms with Crippen LogP contribution in [0.1, 0.15) is 24.5 Å². The van der Waals surface area contributed by atoms with E-state index >= 15 is 0 Å². The van der Waals surface area contributed by atoms with Crippen molar-refractivity contribution in [2.45, 2.75) is 86.8 Å². The molecule has 0 aromatic heterocycles. The molecule has 5 rings (SSSR count). The van der Waals surface area contributed by atoms with Crippen LogP contribution >= 0.6 is 0 Å². The van der Waals surface area contributed by atoms with E-state index in [-0.39, 0.29) is 19.6 Å². The minimum absolute atomic E-state index is 0.0672. The van der Waals surface area contributed by atoms with Gasteiger partial charge in [0.15, 0.2) is 0 Å². The highest BCUT2D eigenvalue weighted by atomic mass is 16.8. The molecule has 2 aromatic rings. The van der Waals surface area contributed by atoms with Crippen molar-refractivity contribution in [2.24, 2.45) is 5.73 Å². The van der Waals surface area contributed by atoms with Gasteiger partial charge in [-0.05, 0) is 18.1 Å². The second-order valence-electron chi connectivity index (χ2n) is 11.9. The van der Waals surface area contributed by atoms with Crippen LogP contribution < -0.4 is 5.73 Å².